The summed E-state index contributed by atoms with van der Waals surface area (Å²) >= 11 is 2.10. The number of ether oxygens (including phenoxy) is 1. The summed E-state index contributed by atoms with van der Waals surface area (Å²) in [5, 5.41) is 0. The Bertz CT molecular complexity index is 818. The molecule has 0 amide bonds. The first-order valence-electron chi connectivity index (χ1n) is 11.3. The van der Waals surface area contributed by atoms with E-state index in [1.807, 2.05) is 0 Å². The summed E-state index contributed by atoms with van der Waals surface area (Å²) in [5.74, 6) is 0.756. The molecule has 1 saturated carbocycles. The predicted molar refractivity (Wildman–Crippen MR) is 126 cm³/mol. The Morgan fingerprint density at radius 1 is 0.767 bits per heavy atom. The van der Waals surface area contributed by atoms with Crippen molar-refractivity contribution in [1.82, 2.24) is 0 Å². The first-order valence-corrected chi connectivity index (χ1v) is 11.3. The van der Waals surface area contributed by atoms with Crippen LogP contribution in [0.3, 0.4) is 0 Å². The quantitative estimate of drug-likeness (QED) is 0.311. The van der Waals surface area contributed by atoms with Crippen LogP contribution in [0.2, 0.25) is 0 Å². The van der Waals surface area contributed by atoms with Crippen molar-refractivity contribution in [2.75, 3.05) is 0 Å². The number of hydrogen-bond donors (Lipinski definition) is 0. The molecular weight excluding hydrogens is 359 g/mol. The van der Waals surface area contributed by atoms with Gasteiger partial charge in [-0.3, -0.25) is 0 Å². The summed E-state index contributed by atoms with van der Waals surface area (Å²) in [6.45, 7) is 0. The molecule has 0 aromatic heterocycles. The van der Waals surface area contributed by atoms with E-state index in [2.05, 4.69) is 120 Å². The molecule has 0 aliphatic heterocycles. The minimum atomic E-state index is -0.646. The van der Waals surface area contributed by atoms with Gasteiger partial charge < -0.3 is 0 Å². The Hall–Kier alpha value is -2.04. The van der Waals surface area contributed by atoms with Gasteiger partial charge in [-0.15, -0.1) is 0 Å². The average molecular weight is 388 g/mol. The van der Waals surface area contributed by atoms with E-state index in [1.165, 1.54) is 42.4 Å². The van der Waals surface area contributed by atoms with Gasteiger partial charge in [0.25, 0.3) is 0 Å². The molecule has 1 atom stereocenters. The van der Waals surface area contributed by atoms with Gasteiger partial charge in [0.15, 0.2) is 0 Å². The zero-order valence-electron chi connectivity index (χ0n) is 17.9. The van der Waals surface area contributed by atoms with Crippen LogP contribution in [0.15, 0.2) is 102 Å². The van der Waals surface area contributed by atoms with Gasteiger partial charge in [-0.2, -0.15) is 0 Å². The number of rotatable bonds is 8. The molecule has 0 radical (unpaired) electrons. The maximum atomic E-state index is 7.21. The van der Waals surface area contributed by atoms with Crippen LogP contribution in [0.5, 0.6) is 0 Å². The molecule has 30 heavy (non-hydrogen) atoms. The van der Waals surface area contributed by atoms with Gasteiger partial charge in [0.1, 0.15) is 0 Å². The molecule has 3 aromatic carbocycles. The third-order valence-corrected chi connectivity index (χ3v) is 6.32. The number of hydrogen-bond acceptors (Lipinski definition) is 1. The van der Waals surface area contributed by atoms with Gasteiger partial charge in [0, 0.05) is 0 Å². The zero-order valence-corrected chi connectivity index (χ0v) is 17.9. The molecule has 1 fully saturated rings. The molecule has 0 N–H and O–H groups in total. The minimum absolute atomic E-state index is 0.0683. The Balaban J connectivity index is 1.85. The van der Waals surface area contributed by atoms with Gasteiger partial charge in [-0.25, -0.2) is 0 Å². The van der Waals surface area contributed by atoms with E-state index in [0.29, 0.717) is 0 Å². The standard InChI is InChI=1S/C28H29O.Li/c1-2-27(22-23-14-12-13-15-23)29-28(24-16-6-3-7-17-24,25-18-8-4-9-19-25)26-20-10-5-11-21-26;/h1-11,16-21,23,27H,12-15,22H2;. The molecule has 1 aliphatic carbocycles. The fourth-order valence-electron chi connectivity index (χ4n) is 4.90. The van der Waals surface area contributed by atoms with Crippen LogP contribution in [0.25, 0.3) is 0 Å². The van der Waals surface area contributed by atoms with E-state index in [-0.39, 0.29) is 6.10 Å². The second-order valence-electron chi connectivity index (χ2n) is 8.35. The molecule has 0 heterocycles. The molecule has 0 bridgehead atoms. The Morgan fingerprint density at radius 3 is 1.60 bits per heavy atom. The van der Waals surface area contributed by atoms with Gasteiger partial charge in [-0.05, 0) is 0 Å². The monoisotopic (exact) mass is 388 g/mol. The maximum absolute atomic E-state index is 7.21. The van der Waals surface area contributed by atoms with Crippen LogP contribution in [0.4, 0.5) is 0 Å². The van der Waals surface area contributed by atoms with E-state index >= 15 is 0 Å². The van der Waals surface area contributed by atoms with E-state index < -0.39 is 5.60 Å². The summed E-state index contributed by atoms with van der Waals surface area (Å²) in [5.41, 5.74) is 2.86. The van der Waals surface area contributed by atoms with Crippen molar-refractivity contribution in [3.8, 4) is 0 Å². The van der Waals surface area contributed by atoms with Crippen molar-refractivity contribution >= 4 is 17.7 Å². The Morgan fingerprint density at radius 2 is 1.20 bits per heavy atom. The average Bonchev–Trinajstić information content (AvgIpc) is 3.32. The van der Waals surface area contributed by atoms with E-state index in [1.54, 1.807) is 0 Å². The van der Waals surface area contributed by atoms with Crippen LogP contribution in [0.1, 0.15) is 48.8 Å². The van der Waals surface area contributed by atoms with Crippen molar-refractivity contribution in [3.05, 3.63) is 119 Å². The molecule has 1 unspecified atom stereocenters. The molecule has 4 rings (SSSR count). The first-order chi connectivity index (χ1) is 14.8. The summed E-state index contributed by atoms with van der Waals surface area (Å²) in [4.78, 5) is 0. The van der Waals surface area contributed by atoms with Gasteiger partial charge in [0.05, 0.1) is 0 Å². The third kappa shape index (κ3) is 4.65. The summed E-state index contributed by atoms with van der Waals surface area (Å²) < 4.78 is 9.36. The third-order valence-electron chi connectivity index (χ3n) is 6.32. The first kappa shape index (κ1) is 21.2. The molecule has 0 spiro atoms. The summed E-state index contributed by atoms with van der Waals surface area (Å²) in [6.07, 6.45) is 8.76. The molecule has 3 aromatic rings. The van der Waals surface area contributed by atoms with Crippen molar-refractivity contribution in [2.24, 2.45) is 5.92 Å². The van der Waals surface area contributed by atoms with Crippen LogP contribution >= 0.6 is 0 Å². The van der Waals surface area contributed by atoms with Gasteiger partial charge >= 0.3 is 191 Å². The Kier molecular flexibility index (Phi) is 7.29. The van der Waals surface area contributed by atoms with Crippen molar-refractivity contribution in [1.29, 1.82) is 0 Å². The van der Waals surface area contributed by atoms with E-state index in [0.717, 1.165) is 12.3 Å². The summed E-state index contributed by atoms with van der Waals surface area (Å²) in [7, 11) is 0. The molecule has 0 saturated heterocycles. The normalized spacial score (nSPS) is 16.2. The van der Waals surface area contributed by atoms with Crippen LogP contribution in [0, 0.1) is 5.92 Å². The Labute approximate surface area is 190 Å². The molecule has 1 nitrogen and oxygen atoms in total. The second kappa shape index (κ2) is 10.3. The molecular formula is C28H29LiO. The van der Waals surface area contributed by atoms with Crippen LogP contribution < -0.4 is 0 Å². The van der Waals surface area contributed by atoms with E-state index in [4.69, 9.17) is 4.74 Å². The number of benzene rings is 3. The fraction of sp³-hybridized carbons (Fsp3) is 0.286. The SMILES string of the molecule is [Li]/[CH]=C/C(CC1CCCC1)OC(c1ccccc1)(c1ccccc1)c1ccccc1. The topological polar surface area (TPSA) is 9.23 Å². The zero-order chi connectivity index (χ0) is 20.7. The second-order valence-corrected chi connectivity index (χ2v) is 8.35. The fourth-order valence-corrected chi connectivity index (χ4v) is 4.90. The van der Waals surface area contributed by atoms with Gasteiger partial charge in [-0.1, -0.05) is 0 Å². The van der Waals surface area contributed by atoms with Crippen molar-refractivity contribution < 1.29 is 4.74 Å². The molecule has 148 valence electrons. The van der Waals surface area contributed by atoms with Gasteiger partial charge in [0.2, 0.25) is 0 Å². The molecule has 1 aliphatic rings. The summed E-state index contributed by atoms with van der Waals surface area (Å²) in [6, 6.07) is 32.1. The van der Waals surface area contributed by atoms with Crippen molar-refractivity contribution in [2.45, 2.75) is 43.8 Å². The van der Waals surface area contributed by atoms with Crippen LogP contribution in [-0.4, -0.2) is 23.8 Å². The van der Waals surface area contributed by atoms with Crippen LogP contribution in [-0.2, 0) is 10.3 Å². The molecule has 2 heteroatoms. The van der Waals surface area contributed by atoms with Crippen molar-refractivity contribution in [3.63, 3.8) is 0 Å². The predicted octanol–water partition coefficient (Wildman–Crippen LogP) is 6.63. The van der Waals surface area contributed by atoms with E-state index in [9.17, 15) is 0 Å².